The summed E-state index contributed by atoms with van der Waals surface area (Å²) in [7, 11) is 0. The summed E-state index contributed by atoms with van der Waals surface area (Å²) >= 11 is 0. The van der Waals surface area contributed by atoms with Crippen molar-refractivity contribution in [2.75, 3.05) is 52.9 Å². The minimum absolute atomic E-state index is 0.0347. The van der Waals surface area contributed by atoms with Crippen molar-refractivity contribution in [2.45, 2.75) is 26.4 Å². The SMILES string of the molecule is O=c1[nH]c(COCCO)c(COCCO)c2cc3ccc4cc5c(COCCO)c(COCCO)[nH]c(=O)c5nc4c3nc12. The average molecular weight is 611 g/mol. The van der Waals surface area contributed by atoms with Crippen LogP contribution < -0.4 is 11.1 Å². The van der Waals surface area contributed by atoms with Gasteiger partial charge in [0.1, 0.15) is 11.0 Å². The van der Waals surface area contributed by atoms with Gasteiger partial charge in [-0.05, 0) is 12.1 Å². The maximum absolute atomic E-state index is 13.2. The number of hydrogen-bond donors (Lipinski definition) is 6. The summed E-state index contributed by atoms with van der Waals surface area (Å²) in [5.41, 5.74) is 2.42. The molecule has 5 rings (SSSR count). The van der Waals surface area contributed by atoms with Crippen LogP contribution in [0.1, 0.15) is 22.5 Å². The van der Waals surface area contributed by atoms with Gasteiger partial charge in [-0.1, -0.05) is 12.1 Å². The number of aromatic nitrogens is 4. The summed E-state index contributed by atoms with van der Waals surface area (Å²) in [5.74, 6) is 0. The van der Waals surface area contributed by atoms with Gasteiger partial charge in [-0.25, -0.2) is 9.97 Å². The van der Waals surface area contributed by atoms with Crippen LogP contribution in [-0.4, -0.2) is 93.2 Å². The van der Waals surface area contributed by atoms with Crippen molar-refractivity contribution in [3.63, 3.8) is 0 Å². The molecule has 0 amide bonds. The third-order valence-electron chi connectivity index (χ3n) is 7.04. The van der Waals surface area contributed by atoms with Crippen molar-refractivity contribution < 1.29 is 39.4 Å². The van der Waals surface area contributed by atoms with Crippen molar-refractivity contribution in [1.82, 2.24) is 19.9 Å². The quantitative estimate of drug-likeness (QED) is 0.0513. The molecule has 0 spiro atoms. The highest BCUT2D eigenvalue weighted by Crippen LogP contribution is 2.30. The van der Waals surface area contributed by atoms with Crippen LogP contribution in [-0.2, 0) is 45.4 Å². The second-order valence-electron chi connectivity index (χ2n) is 9.91. The minimum atomic E-state index is -0.457. The third kappa shape index (κ3) is 6.62. The smallest absolute Gasteiger partial charge is 0.274 e. The first-order valence-electron chi connectivity index (χ1n) is 14.1. The number of fused-ring (bicyclic) bond motifs is 5. The van der Waals surface area contributed by atoms with Crippen molar-refractivity contribution in [3.8, 4) is 0 Å². The molecule has 6 N–H and O–H groups in total. The van der Waals surface area contributed by atoms with E-state index in [0.29, 0.717) is 55.1 Å². The number of nitrogens with zero attached hydrogens (tertiary/aromatic N) is 2. The summed E-state index contributed by atoms with van der Waals surface area (Å²) in [5, 5.41) is 39.0. The fourth-order valence-electron chi connectivity index (χ4n) is 5.08. The lowest BCUT2D eigenvalue weighted by Gasteiger charge is -2.15. The molecule has 14 heteroatoms. The molecule has 0 saturated heterocycles. The Morgan fingerprint density at radius 1 is 0.545 bits per heavy atom. The second kappa shape index (κ2) is 14.7. The average Bonchev–Trinajstić information content (AvgIpc) is 3.02. The molecule has 0 aliphatic carbocycles. The van der Waals surface area contributed by atoms with Crippen molar-refractivity contribution in [3.05, 3.63) is 67.5 Å². The number of aliphatic hydroxyl groups is 4. The highest BCUT2D eigenvalue weighted by molar-refractivity contribution is 6.09. The molecular weight excluding hydrogens is 576 g/mol. The van der Waals surface area contributed by atoms with Gasteiger partial charge in [0, 0.05) is 32.7 Å². The largest absolute Gasteiger partial charge is 0.394 e. The molecule has 4 heterocycles. The number of aliphatic hydroxyl groups excluding tert-OH is 4. The predicted octanol–water partition coefficient (Wildman–Crippen LogP) is 0.502. The molecule has 14 nitrogen and oxygen atoms in total. The van der Waals surface area contributed by atoms with E-state index in [2.05, 4.69) is 9.97 Å². The molecule has 0 atom stereocenters. The van der Waals surface area contributed by atoms with E-state index in [1.807, 2.05) is 24.3 Å². The van der Waals surface area contributed by atoms with Crippen molar-refractivity contribution >= 4 is 43.6 Å². The van der Waals surface area contributed by atoms with Gasteiger partial charge in [-0.3, -0.25) is 9.59 Å². The van der Waals surface area contributed by atoms with Gasteiger partial charge in [0.25, 0.3) is 11.1 Å². The fourth-order valence-corrected chi connectivity index (χ4v) is 5.08. The molecule has 44 heavy (non-hydrogen) atoms. The summed E-state index contributed by atoms with van der Waals surface area (Å²) in [6, 6.07) is 7.32. The summed E-state index contributed by atoms with van der Waals surface area (Å²) in [6.07, 6.45) is 0. The van der Waals surface area contributed by atoms with Gasteiger partial charge in [0.2, 0.25) is 0 Å². The first-order valence-corrected chi connectivity index (χ1v) is 14.1. The number of ether oxygens (including phenoxy) is 4. The molecule has 0 saturated carbocycles. The standard InChI is InChI=1S/C30H34N4O10/c35-3-7-41-13-21-19-11-17-1-2-18-12-20-22(14-42-8-4-36)24(16-44-10-6-38)32-30(40)28(20)34-26(18)25(17)33-27(19)29(39)31-23(21)15-43-9-5-37/h1-2,11-12,35-38H,3-10,13-16H2,(H,31,39)(H,32,40). The van der Waals surface area contributed by atoms with Gasteiger partial charge in [0.05, 0.1) is 102 Å². The first-order chi connectivity index (χ1) is 21.5. The van der Waals surface area contributed by atoms with Crippen molar-refractivity contribution in [1.29, 1.82) is 0 Å². The van der Waals surface area contributed by atoms with Gasteiger partial charge < -0.3 is 49.3 Å². The highest BCUT2D eigenvalue weighted by atomic mass is 16.5. The van der Waals surface area contributed by atoms with E-state index in [9.17, 15) is 19.8 Å². The number of aromatic amines is 2. The highest BCUT2D eigenvalue weighted by Gasteiger charge is 2.19. The molecule has 0 radical (unpaired) electrons. The van der Waals surface area contributed by atoms with Gasteiger partial charge in [0.15, 0.2) is 0 Å². The topological polar surface area (TPSA) is 209 Å². The normalized spacial score (nSPS) is 11.9. The molecule has 0 aliphatic rings. The maximum Gasteiger partial charge on any atom is 0.274 e. The Labute approximate surface area is 249 Å². The van der Waals surface area contributed by atoms with Gasteiger partial charge >= 0.3 is 0 Å². The van der Waals surface area contributed by atoms with Crippen LogP contribution in [0.3, 0.4) is 0 Å². The molecule has 0 unspecified atom stereocenters. The summed E-state index contributed by atoms with van der Waals surface area (Å²) in [6.45, 7) is -0.0946. The van der Waals surface area contributed by atoms with E-state index in [-0.39, 0.29) is 90.3 Å². The lowest BCUT2D eigenvalue weighted by Crippen LogP contribution is -2.17. The van der Waals surface area contributed by atoms with E-state index in [1.54, 1.807) is 0 Å². The summed E-state index contributed by atoms with van der Waals surface area (Å²) < 4.78 is 22.1. The fraction of sp³-hybridized carbons (Fsp3) is 0.400. The zero-order valence-electron chi connectivity index (χ0n) is 23.9. The second-order valence-corrected chi connectivity index (χ2v) is 9.91. The van der Waals surface area contributed by atoms with Crippen LogP contribution in [0.2, 0.25) is 0 Å². The minimum Gasteiger partial charge on any atom is -0.394 e. The number of rotatable bonds is 16. The molecule has 0 fully saturated rings. The molecule has 1 aromatic carbocycles. The number of benzene rings is 1. The van der Waals surface area contributed by atoms with E-state index in [1.165, 1.54) is 0 Å². The first kappa shape index (κ1) is 31.6. The Morgan fingerprint density at radius 2 is 0.909 bits per heavy atom. The van der Waals surface area contributed by atoms with Crippen LogP contribution in [0.15, 0.2) is 33.9 Å². The Morgan fingerprint density at radius 3 is 1.27 bits per heavy atom. The molecular formula is C30H34N4O10. The van der Waals surface area contributed by atoms with E-state index in [0.717, 1.165) is 0 Å². The van der Waals surface area contributed by atoms with E-state index < -0.39 is 11.1 Å². The monoisotopic (exact) mass is 610 g/mol. The third-order valence-corrected chi connectivity index (χ3v) is 7.04. The summed E-state index contributed by atoms with van der Waals surface area (Å²) in [4.78, 5) is 41.5. The lowest BCUT2D eigenvalue weighted by atomic mass is 10.0. The van der Waals surface area contributed by atoms with Gasteiger partial charge in [-0.15, -0.1) is 0 Å². The molecule has 4 aromatic heterocycles. The van der Waals surface area contributed by atoms with Gasteiger partial charge in [-0.2, -0.15) is 0 Å². The molecule has 5 aromatic rings. The van der Waals surface area contributed by atoms with E-state index >= 15 is 0 Å². The zero-order valence-corrected chi connectivity index (χ0v) is 23.9. The number of H-pyrrole nitrogens is 2. The predicted molar refractivity (Wildman–Crippen MR) is 160 cm³/mol. The van der Waals surface area contributed by atoms with Crippen LogP contribution >= 0.6 is 0 Å². The Kier molecular flexibility index (Phi) is 10.6. The van der Waals surface area contributed by atoms with Crippen LogP contribution in [0.5, 0.6) is 0 Å². The lowest BCUT2D eigenvalue weighted by molar-refractivity contribution is 0.0702. The molecule has 234 valence electrons. The van der Waals surface area contributed by atoms with Crippen molar-refractivity contribution in [2.24, 2.45) is 0 Å². The van der Waals surface area contributed by atoms with Crippen LogP contribution in [0, 0.1) is 0 Å². The Hall–Kier alpha value is -3.86. The van der Waals surface area contributed by atoms with E-state index in [4.69, 9.17) is 39.1 Å². The molecule has 0 bridgehead atoms. The molecule has 0 aliphatic heterocycles. The number of pyridine rings is 4. The maximum atomic E-state index is 13.2. The Bertz CT molecular complexity index is 1750. The number of hydrogen-bond acceptors (Lipinski definition) is 12. The zero-order chi connectivity index (χ0) is 31.1. The van der Waals surface area contributed by atoms with Crippen LogP contribution in [0.4, 0.5) is 0 Å². The number of nitrogens with one attached hydrogen (secondary N) is 2. The Balaban J connectivity index is 1.70. The van der Waals surface area contributed by atoms with Crippen LogP contribution in [0.25, 0.3) is 43.6 Å².